The molecule has 5 nitrogen and oxygen atoms in total. The molecule has 2 rings (SSSR count). The number of aryl methyl sites for hydroxylation is 1. The van der Waals surface area contributed by atoms with Crippen LogP contribution >= 0.6 is 11.8 Å². The molecule has 2 heterocycles. The molecule has 1 fully saturated rings. The molecule has 2 N–H and O–H groups in total. The van der Waals surface area contributed by atoms with Gasteiger partial charge in [-0.1, -0.05) is 6.92 Å². The molecule has 0 radical (unpaired) electrons. The molecular weight excluding hydrogens is 254 g/mol. The summed E-state index contributed by atoms with van der Waals surface area (Å²) >= 11 is 1.54. The summed E-state index contributed by atoms with van der Waals surface area (Å²) in [7, 11) is 0. The van der Waals surface area contributed by atoms with Gasteiger partial charge in [-0.15, -0.1) is 0 Å². The van der Waals surface area contributed by atoms with Crippen molar-refractivity contribution in [2.45, 2.75) is 25.3 Å². The number of hydrogen-bond donors (Lipinski definition) is 2. The number of furan rings is 1. The number of thioether (sulfide) groups is 1. The van der Waals surface area contributed by atoms with Crippen LogP contribution < -0.4 is 5.32 Å². The van der Waals surface area contributed by atoms with Crippen molar-refractivity contribution >= 4 is 23.6 Å². The van der Waals surface area contributed by atoms with Gasteiger partial charge >= 0.3 is 5.97 Å². The van der Waals surface area contributed by atoms with Crippen LogP contribution in [0.15, 0.2) is 16.7 Å². The third-order valence-corrected chi connectivity index (χ3v) is 4.28. The van der Waals surface area contributed by atoms with E-state index in [0.717, 1.165) is 5.75 Å². The van der Waals surface area contributed by atoms with Gasteiger partial charge in [0.05, 0.1) is 11.8 Å². The molecule has 1 aromatic heterocycles. The molecule has 1 amide bonds. The van der Waals surface area contributed by atoms with E-state index in [-0.39, 0.29) is 5.91 Å². The van der Waals surface area contributed by atoms with Gasteiger partial charge in [0.15, 0.2) is 0 Å². The number of amides is 1. The lowest BCUT2D eigenvalue weighted by atomic mass is 9.98. The van der Waals surface area contributed by atoms with Crippen LogP contribution in [0.3, 0.4) is 0 Å². The Kier molecular flexibility index (Phi) is 3.65. The second kappa shape index (κ2) is 5.06. The highest BCUT2D eigenvalue weighted by Crippen LogP contribution is 2.29. The molecule has 98 valence electrons. The number of hydrogen-bond acceptors (Lipinski definition) is 4. The van der Waals surface area contributed by atoms with Gasteiger partial charge in [-0.05, 0) is 18.2 Å². The maximum atomic E-state index is 12.1. The molecule has 1 unspecified atom stereocenters. The van der Waals surface area contributed by atoms with E-state index in [9.17, 15) is 14.7 Å². The fourth-order valence-corrected chi connectivity index (χ4v) is 3.31. The van der Waals surface area contributed by atoms with Crippen molar-refractivity contribution in [1.82, 2.24) is 5.32 Å². The Hall–Kier alpha value is -1.43. The molecule has 0 bridgehead atoms. The van der Waals surface area contributed by atoms with Crippen molar-refractivity contribution in [2.24, 2.45) is 0 Å². The van der Waals surface area contributed by atoms with E-state index in [1.807, 2.05) is 6.92 Å². The van der Waals surface area contributed by atoms with E-state index in [0.29, 0.717) is 29.9 Å². The summed E-state index contributed by atoms with van der Waals surface area (Å²) in [4.78, 5) is 23.4. The smallest absolute Gasteiger partial charge is 0.330 e. The van der Waals surface area contributed by atoms with Crippen molar-refractivity contribution in [3.8, 4) is 0 Å². The molecule has 0 aliphatic carbocycles. The SMILES string of the molecule is CCc1occc1C(=O)NC1(C(=O)O)CCSC1. The predicted molar refractivity (Wildman–Crippen MR) is 67.9 cm³/mol. The summed E-state index contributed by atoms with van der Waals surface area (Å²) in [6.07, 6.45) is 2.51. The Morgan fingerprint density at radius 1 is 1.61 bits per heavy atom. The molecule has 1 atom stereocenters. The lowest BCUT2D eigenvalue weighted by molar-refractivity contribution is -0.143. The van der Waals surface area contributed by atoms with Crippen molar-refractivity contribution in [3.63, 3.8) is 0 Å². The van der Waals surface area contributed by atoms with Crippen LogP contribution in [0.25, 0.3) is 0 Å². The fraction of sp³-hybridized carbons (Fsp3) is 0.500. The average molecular weight is 269 g/mol. The summed E-state index contributed by atoms with van der Waals surface area (Å²) in [6.45, 7) is 1.88. The predicted octanol–water partition coefficient (Wildman–Crippen LogP) is 1.53. The highest BCUT2D eigenvalue weighted by molar-refractivity contribution is 7.99. The normalized spacial score (nSPS) is 22.9. The van der Waals surface area contributed by atoms with Gasteiger partial charge in [-0.25, -0.2) is 4.79 Å². The number of nitrogens with one attached hydrogen (secondary N) is 1. The highest BCUT2D eigenvalue weighted by Gasteiger charge is 2.43. The Morgan fingerprint density at radius 2 is 2.39 bits per heavy atom. The Labute approximate surface area is 109 Å². The lowest BCUT2D eigenvalue weighted by Gasteiger charge is -2.24. The number of carboxylic acids is 1. The van der Waals surface area contributed by atoms with Gasteiger partial charge in [0, 0.05) is 12.2 Å². The van der Waals surface area contributed by atoms with Crippen LogP contribution in [-0.4, -0.2) is 34.0 Å². The number of rotatable bonds is 4. The number of aliphatic carboxylic acids is 1. The Morgan fingerprint density at radius 3 is 2.94 bits per heavy atom. The van der Waals surface area contributed by atoms with Gasteiger partial charge in [-0.3, -0.25) is 4.79 Å². The molecule has 1 aliphatic rings. The first-order valence-electron chi connectivity index (χ1n) is 5.79. The molecular formula is C12H15NO4S. The quantitative estimate of drug-likeness (QED) is 0.866. The largest absolute Gasteiger partial charge is 0.479 e. The third kappa shape index (κ3) is 2.25. The average Bonchev–Trinajstić information content (AvgIpc) is 2.97. The first kappa shape index (κ1) is 13.0. The van der Waals surface area contributed by atoms with Crippen LogP contribution in [0.2, 0.25) is 0 Å². The zero-order valence-electron chi connectivity index (χ0n) is 10.1. The summed E-state index contributed by atoms with van der Waals surface area (Å²) < 4.78 is 5.18. The summed E-state index contributed by atoms with van der Waals surface area (Å²) in [5, 5.41) is 11.9. The first-order valence-corrected chi connectivity index (χ1v) is 6.94. The Bertz CT molecular complexity index is 462. The van der Waals surface area contributed by atoms with Gasteiger partial charge in [0.1, 0.15) is 11.3 Å². The molecule has 1 saturated heterocycles. The monoisotopic (exact) mass is 269 g/mol. The van der Waals surface area contributed by atoms with Crippen LogP contribution in [-0.2, 0) is 11.2 Å². The van der Waals surface area contributed by atoms with Gasteiger partial charge < -0.3 is 14.8 Å². The lowest BCUT2D eigenvalue weighted by Crippen LogP contribution is -2.54. The van der Waals surface area contributed by atoms with Crippen LogP contribution in [0.5, 0.6) is 0 Å². The van der Waals surface area contributed by atoms with Gasteiger partial charge in [0.2, 0.25) is 0 Å². The molecule has 0 spiro atoms. The van der Waals surface area contributed by atoms with E-state index >= 15 is 0 Å². The van der Waals surface area contributed by atoms with Gasteiger partial charge in [0.25, 0.3) is 5.91 Å². The minimum Gasteiger partial charge on any atom is -0.479 e. The van der Waals surface area contributed by atoms with Crippen molar-refractivity contribution in [1.29, 1.82) is 0 Å². The number of carbonyl (C=O) groups is 2. The zero-order valence-corrected chi connectivity index (χ0v) is 10.9. The second-order valence-corrected chi connectivity index (χ2v) is 5.36. The number of carbonyl (C=O) groups excluding carboxylic acids is 1. The van der Waals surface area contributed by atoms with E-state index in [1.54, 1.807) is 6.07 Å². The van der Waals surface area contributed by atoms with Crippen molar-refractivity contribution in [3.05, 3.63) is 23.7 Å². The van der Waals surface area contributed by atoms with E-state index in [2.05, 4.69) is 5.32 Å². The maximum Gasteiger partial charge on any atom is 0.330 e. The molecule has 1 aromatic rings. The molecule has 0 saturated carbocycles. The van der Waals surface area contributed by atoms with Crippen molar-refractivity contribution < 1.29 is 19.1 Å². The Balaban J connectivity index is 2.18. The molecule has 18 heavy (non-hydrogen) atoms. The first-order chi connectivity index (χ1) is 8.59. The van der Waals surface area contributed by atoms with E-state index < -0.39 is 11.5 Å². The maximum absolute atomic E-state index is 12.1. The highest BCUT2D eigenvalue weighted by atomic mass is 32.2. The molecule has 6 heteroatoms. The van der Waals surface area contributed by atoms with Gasteiger partial charge in [-0.2, -0.15) is 11.8 Å². The van der Waals surface area contributed by atoms with Crippen molar-refractivity contribution in [2.75, 3.05) is 11.5 Å². The van der Waals surface area contributed by atoms with E-state index in [1.165, 1.54) is 18.0 Å². The molecule has 1 aliphatic heterocycles. The summed E-state index contributed by atoms with van der Waals surface area (Å²) in [5.41, 5.74) is -0.709. The minimum atomic E-state index is -1.13. The second-order valence-electron chi connectivity index (χ2n) is 4.25. The topological polar surface area (TPSA) is 79.5 Å². The van der Waals surface area contributed by atoms with Crippen LogP contribution in [0.1, 0.15) is 29.5 Å². The standard InChI is InChI=1S/C12H15NO4S/c1-2-9-8(3-5-17-9)10(14)13-12(11(15)16)4-6-18-7-12/h3,5H,2,4,6-7H2,1H3,(H,13,14)(H,15,16). The summed E-state index contributed by atoms with van der Waals surface area (Å²) in [6, 6.07) is 1.58. The fourth-order valence-electron chi connectivity index (χ4n) is 1.99. The van der Waals surface area contributed by atoms with Crippen LogP contribution in [0, 0.1) is 0 Å². The zero-order chi connectivity index (χ0) is 13.2. The number of carboxylic acid groups (broad SMARTS) is 1. The summed E-state index contributed by atoms with van der Waals surface area (Å²) in [5.74, 6) is 0.401. The van der Waals surface area contributed by atoms with Crippen LogP contribution in [0.4, 0.5) is 0 Å². The van der Waals surface area contributed by atoms with E-state index in [4.69, 9.17) is 4.42 Å². The molecule has 0 aromatic carbocycles. The minimum absolute atomic E-state index is 0.370. The third-order valence-electron chi connectivity index (χ3n) is 3.09.